The number of hydrogen-bond donors (Lipinski definition) is 0. The summed E-state index contributed by atoms with van der Waals surface area (Å²) < 4.78 is 8.80. The summed E-state index contributed by atoms with van der Waals surface area (Å²) in [5, 5.41) is 0. The highest BCUT2D eigenvalue weighted by Crippen LogP contribution is 2.10. The van der Waals surface area contributed by atoms with Gasteiger partial charge in [-0.15, -0.1) is 0 Å². The zero-order chi connectivity index (χ0) is 9.72. The molecule has 0 aromatic heterocycles. The van der Waals surface area contributed by atoms with Gasteiger partial charge in [0.1, 0.15) is 0 Å². The van der Waals surface area contributed by atoms with Crippen molar-refractivity contribution >= 4 is 11.9 Å². The van der Waals surface area contributed by atoms with E-state index in [0.29, 0.717) is 0 Å². The predicted molar refractivity (Wildman–Crippen MR) is 42.3 cm³/mol. The molecule has 0 spiro atoms. The van der Waals surface area contributed by atoms with Crippen LogP contribution in [0.25, 0.3) is 0 Å². The van der Waals surface area contributed by atoms with Crippen LogP contribution in [0.4, 0.5) is 0 Å². The van der Waals surface area contributed by atoms with Gasteiger partial charge in [-0.05, 0) is 6.92 Å². The predicted octanol–water partition coefficient (Wildman–Crippen LogP) is 0.525. The van der Waals surface area contributed by atoms with Crippen LogP contribution in [-0.2, 0) is 19.1 Å². The third kappa shape index (κ3) is 2.38. The van der Waals surface area contributed by atoms with Crippen LogP contribution in [0.2, 0.25) is 0 Å². The molecule has 0 N–H and O–H groups in total. The van der Waals surface area contributed by atoms with Crippen molar-refractivity contribution in [1.29, 1.82) is 0 Å². The SMILES string of the molecule is C=C(C(=O)OC)[C@H](C)C(=O)OC. The first kappa shape index (κ1) is 10.7. The van der Waals surface area contributed by atoms with E-state index in [1.165, 1.54) is 21.1 Å². The van der Waals surface area contributed by atoms with E-state index in [1.54, 1.807) is 0 Å². The molecule has 0 unspecified atom stereocenters. The van der Waals surface area contributed by atoms with Gasteiger partial charge in [0.2, 0.25) is 0 Å². The molecule has 0 rings (SSSR count). The molecule has 0 bridgehead atoms. The van der Waals surface area contributed by atoms with Crippen molar-refractivity contribution in [2.45, 2.75) is 6.92 Å². The molecule has 0 saturated carbocycles. The maximum atomic E-state index is 10.9. The second-order valence-electron chi connectivity index (χ2n) is 2.26. The van der Waals surface area contributed by atoms with Crippen LogP contribution in [0.3, 0.4) is 0 Å². The van der Waals surface area contributed by atoms with E-state index in [0.717, 1.165) is 0 Å². The van der Waals surface area contributed by atoms with Crippen LogP contribution in [0.15, 0.2) is 12.2 Å². The normalized spacial score (nSPS) is 11.6. The lowest BCUT2D eigenvalue weighted by atomic mass is 10.0. The second kappa shape index (κ2) is 4.54. The number of carbonyl (C=O) groups is 2. The van der Waals surface area contributed by atoms with Gasteiger partial charge >= 0.3 is 11.9 Å². The molecule has 1 atom stereocenters. The lowest BCUT2D eigenvalue weighted by Gasteiger charge is -2.09. The third-order valence-corrected chi connectivity index (χ3v) is 1.53. The standard InChI is InChI=1S/C8H12O4/c1-5(7(9)11-3)6(2)8(10)12-4/h6H,1H2,2-4H3/t6-/m0/s1. The van der Waals surface area contributed by atoms with Gasteiger partial charge < -0.3 is 9.47 Å². The van der Waals surface area contributed by atoms with Crippen LogP contribution < -0.4 is 0 Å². The molecule has 68 valence electrons. The molecule has 0 amide bonds. The molecule has 0 aliphatic heterocycles. The minimum Gasteiger partial charge on any atom is -0.469 e. The Balaban J connectivity index is 4.29. The second-order valence-corrected chi connectivity index (χ2v) is 2.26. The number of methoxy groups -OCH3 is 2. The zero-order valence-electron chi connectivity index (χ0n) is 7.42. The van der Waals surface area contributed by atoms with Crippen molar-refractivity contribution in [2.75, 3.05) is 14.2 Å². The summed E-state index contributed by atoms with van der Waals surface area (Å²) >= 11 is 0. The Morgan fingerprint density at radius 3 is 2.08 bits per heavy atom. The summed E-state index contributed by atoms with van der Waals surface area (Å²) in [6, 6.07) is 0. The van der Waals surface area contributed by atoms with Gasteiger partial charge in [0.05, 0.1) is 20.1 Å². The summed E-state index contributed by atoms with van der Waals surface area (Å²) in [5.74, 6) is -1.74. The molecule has 0 radical (unpaired) electrons. The molecule has 0 fully saturated rings. The van der Waals surface area contributed by atoms with Crippen LogP contribution >= 0.6 is 0 Å². The van der Waals surface area contributed by atoms with Crippen molar-refractivity contribution in [3.05, 3.63) is 12.2 Å². The molecule has 0 heterocycles. The largest absolute Gasteiger partial charge is 0.469 e. The highest BCUT2D eigenvalue weighted by molar-refractivity contribution is 5.94. The molecule has 0 aliphatic rings. The Morgan fingerprint density at radius 2 is 1.75 bits per heavy atom. The zero-order valence-corrected chi connectivity index (χ0v) is 7.42. The van der Waals surface area contributed by atoms with Crippen molar-refractivity contribution in [3.8, 4) is 0 Å². The average Bonchev–Trinajstić information content (AvgIpc) is 2.12. The Labute approximate surface area is 71.2 Å². The van der Waals surface area contributed by atoms with E-state index in [1.807, 2.05) is 0 Å². The topological polar surface area (TPSA) is 52.6 Å². The summed E-state index contributed by atoms with van der Waals surface area (Å²) in [7, 11) is 2.49. The van der Waals surface area contributed by atoms with Crippen LogP contribution in [0.5, 0.6) is 0 Å². The quantitative estimate of drug-likeness (QED) is 0.460. The van der Waals surface area contributed by atoms with Crippen molar-refractivity contribution in [1.82, 2.24) is 0 Å². The summed E-state index contributed by atoms with van der Waals surface area (Å²) in [6.45, 7) is 4.95. The lowest BCUT2D eigenvalue weighted by molar-refractivity contribution is -0.146. The maximum Gasteiger partial charge on any atom is 0.333 e. The molecule has 0 aliphatic carbocycles. The van der Waals surface area contributed by atoms with Gasteiger partial charge in [0, 0.05) is 5.57 Å². The lowest BCUT2D eigenvalue weighted by Crippen LogP contribution is -2.20. The first-order valence-corrected chi connectivity index (χ1v) is 3.39. The third-order valence-electron chi connectivity index (χ3n) is 1.53. The molecular weight excluding hydrogens is 160 g/mol. The van der Waals surface area contributed by atoms with Crippen molar-refractivity contribution in [2.24, 2.45) is 5.92 Å². The van der Waals surface area contributed by atoms with Crippen LogP contribution in [0.1, 0.15) is 6.92 Å². The number of carbonyl (C=O) groups excluding carboxylic acids is 2. The molecular formula is C8H12O4. The minimum atomic E-state index is -0.651. The molecule has 0 aromatic carbocycles. The van der Waals surface area contributed by atoms with E-state index in [2.05, 4.69) is 16.1 Å². The average molecular weight is 172 g/mol. The summed E-state index contributed by atoms with van der Waals surface area (Å²) in [6.07, 6.45) is 0. The molecule has 4 heteroatoms. The smallest absolute Gasteiger partial charge is 0.333 e. The first-order chi connectivity index (χ1) is 5.54. The molecule has 12 heavy (non-hydrogen) atoms. The minimum absolute atomic E-state index is 0.101. The number of esters is 2. The fourth-order valence-electron chi connectivity index (χ4n) is 0.627. The first-order valence-electron chi connectivity index (χ1n) is 3.39. The Hall–Kier alpha value is -1.32. The van der Waals surface area contributed by atoms with E-state index in [-0.39, 0.29) is 5.57 Å². The number of hydrogen-bond acceptors (Lipinski definition) is 4. The molecule has 0 aromatic rings. The summed E-state index contributed by atoms with van der Waals surface area (Å²) in [4.78, 5) is 21.7. The van der Waals surface area contributed by atoms with Gasteiger partial charge in [-0.2, -0.15) is 0 Å². The van der Waals surface area contributed by atoms with Gasteiger partial charge in [-0.25, -0.2) is 4.79 Å². The fraction of sp³-hybridized carbons (Fsp3) is 0.500. The highest BCUT2D eigenvalue weighted by atomic mass is 16.5. The van der Waals surface area contributed by atoms with E-state index < -0.39 is 17.9 Å². The number of rotatable bonds is 3. The van der Waals surface area contributed by atoms with Gasteiger partial charge in [0.25, 0.3) is 0 Å². The van der Waals surface area contributed by atoms with Crippen molar-refractivity contribution in [3.63, 3.8) is 0 Å². The highest BCUT2D eigenvalue weighted by Gasteiger charge is 2.22. The molecule has 4 nitrogen and oxygen atoms in total. The number of ether oxygens (including phenoxy) is 2. The van der Waals surface area contributed by atoms with E-state index in [4.69, 9.17) is 0 Å². The monoisotopic (exact) mass is 172 g/mol. The fourth-order valence-corrected chi connectivity index (χ4v) is 0.627. The van der Waals surface area contributed by atoms with E-state index in [9.17, 15) is 9.59 Å². The van der Waals surface area contributed by atoms with Crippen molar-refractivity contribution < 1.29 is 19.1 Å². The Bertz CT molecular complexity index is 207. The Kier molecular flexibility index (Phi) is 4.04. The molecule has 0 saturated heterocycles. The maximum absolute atomic E-state index is 10.9. The van der Waals surface area contributed by atoms with Gasteiger partial charge in [0.15, 0.2) is 0 Å². The van der Waals surface area contributed by atoms with Gasteiger partial charge in [-0.3, -0.25) is 4.79 Å². The Morgan fingerprint density at radius 1 is 1.25 bits per heavy atom. The summed E-state index contributed by atoms with van der Waals surface area (Å²) in [5.41, 5.74) is 0.101. The van der Waals surface area contributed by atoms with Crippen LogP contribution in [-0.4, -0.2) is 26.2 Å². The van der Waals surface area contributed by atoms with E-state index >= 15 is 0 Å². The van der Waals surface area contributed by atoms with Crippen LogP contribution in [0, 0.1) is 5.92 Å². The van der Waals surface area contributed by atoms with Gasteiger partial charge in [-0.1, -0.05) is 6.58 Å².